The molecular formula is C35H38F2N6O4. The molecule has 246 valence electrons. The van der Waals surface area contributed by atoms with Gasteiger partial charge in [0.05, 0.1) is 25.9 Å². The van der Waals surface area contributed by atoms with Gasteiger partial charge in [0.1, 0.15) is 40.6 Å². The molecule has 1 saturated carbocycles. The molecule has 0 radical (unpaired) electrons. The first kappa shape index (κ1) is 29.3. The van der Waals surface area contributed by atoms with Crippen LogP contribution >= 0.6 is 0 Å². The second kappa shape index (κ2) is 11.1. The molecule has 47 heavy (non-hydrogen) atoms. The first-order chi connectivity index (χ1) is 22.9. The van der Waals surface area contributed by atoms with E-state index in [1.165, 1.54) is 12.1 Å². The van der Waals surface area contributed by atoms with Gasteiger partial charge in [0.2, 0.25) is 5.88 Å². The summed E-state index contributed by atoms with van der Waals surface area (Å²) in [7, 11) is 0. The van der Waals surface area contributed by atoms with Crippen molar-refractivity contribution >= 4 is 27.5 Å². The van der Waals surface area contributed by atoms with E-state index in [1.54, 1.807) is 12.1 Å². The zero-order chi connectivity index (χ0) is 31.9. The number of aromatic nitrogens is 3. The molecule has 12 heteroatoms. The summed E-state index contributed by atoms with van der Waals surface area (Å²) < 4.78 is 50.5. The van der Waals surface area contributed by atoms with Crippen LogP contribution in [0.4, 0.5) is 14.6 Å². The normalized spacial score (nSPS) is 24.7. The van der Waals surface area contributed by atoms with Gasteiger partial charge in [0.25, 0.3) is 0 Å². The number of hydrogen-bond donors (Lipinski definition) is 2. The van der Waals surface area contributed by atoms with Crippen LogP contribution in [-0.4, -0.2) is 95.7 Å². The van der Waals surface area contributed by atoms with E-state index in [0.717, 1.165) is 58.5 Å². The Morgan fingerprint density at radius 1 is 1.09 bits per heavy atom. The zero-order valence-corrected chi connectivity index (χ0v) is 26.4. The number of hydrogen-bond acceptors (Lipinski definition) is 10. The molecular weight excluding hydrogens is 606 g/mol. The van der Waals surface area contributed by atoms with Crippen LogP contribution in [0.25, 0.3) is 32.9 Å². The second-order valence-electron chi connectivity index (χ2n) is 13.9. The first-order valence-electron chi connectivity index (χ1n) is 16.8. The van der Waals surface area contributed by atoms with Crippen molar-refractivity contribution in [2.24, 2.45) is 5.41 Å². The van der Waals surface area contributed by atoms with E-state index >= 15 is 8.78 Å². The van der Waals surface area contributed by atoms with Crippen molar-refractivity contribution in [3.8, 4) is 28.9 Å². The van der Waals surface area contributed by atoms with Crippen LogP contribution in [0.2, 0.25) is 0 Å². The largest absolute Gasteiger partial charge is 0.508 e. The topological polar surface area (TPSA) is 105 Å². The van der Waals surface area contributed by atoms with E-state index in [4.69, 9.17) is 29.2 Å². The van der Waals surface area contributed by atoms with E-state index in [1.807, 2.05) is 6.92 Å². The number of nitrogens with zero attached hydrogens (tertiary/aromatic N) is 5. The van der Waals surface area contributed by atoms with Gasteiger partial charge in [-0.3, -0.25) is 4.90 Å². The molecule has 2 aromatic carbocycles. The maximum absolute atomic E-state index is 17.1. The third kappa shape index (κ3) is 4.95. The maximum Gasteiger partial charge on any atom is 0.319 e. The predicted molar refractivity (Wildman–Crippen MR) is 172 cm³/mol. The average molecular weight is 645 g/mol. The summed E-state index contributed by atoms with van der Waals surface area (Å²) in [6, 6.07) is 6.55. The Bertz CT molecular complexity index is 1900. The number of benzene rings is 2. The molecule has 0 spiro atoms. The van der Waals surface area contributed by atoms with Gasteiger partial charge in [-0.05, 0) is 66.6 Å². The molecule has 4 fully saturated rings. The van der Waals surface area contributed by atoms with Crippen molar-refractivity contribution in [1.29, 1.82) is 0 Å². The van der Waals surface area contributed by atoms with Crippen LogP contribution in [-0.2, 0) is 11.2 Å². The molecule has 5 aliphatic rings. The smallest absolute Gasteiger partial charge is 0.319 e. The van der Waals surface area contributed by atoms with Crippen LogP contribution in [0.1, 0.15) is 38.2 Å². The number of phenols is 1. The molecule has 0 amide bonds. The van der Waals surface area contributed by atoms with Crippen LogP contribution in [0.5, 0.6) is 17.6 Å². The zero-order valence-electron chi connectivity index (χ0n) is 26.4. The molecule has 3 saturated heterocycles. The van der Waals surface area contributed by atoms with E-state index in [9.17, 15) is 5.11 Å². The van der Waals surface area contributed by atoms with Gasteiger partial charge in [-0.15, -0.1) is 0 Å². The molecule has 4 aliphatic heterocycles. The second-order valence-corrected chi connectivity index (χ2v) is 13.9. The van der Waals surface area contributed by atoms with Crippen LogP contribution < -0.4 is 19.7 Å². The summed E-state index contributed by atoms with van der Waals surface area (Å²) in [4.78, 5) is 19.0. The molecule has 9 rings (SSSR count). The van der Waals surface area contributed by atoms with Crippen molar-refractivity contribution in [2.45, 2.75) is 57.2 Å². The molecule has 3 atom stereocenters. The van der Waals surface area contributed by atoms with E-state index < -0.39 is 11.6 Å². The molecule has 2 bridgehead atoms. The van der Waals surface area contributed by atoms with Gasteiger partial charge in [0.15, 0.2) is 5.82 Å². The summed E-state index contributed by atoms with van der Waals surface area (Å²) in [6.45, 7) is 7.53. The van der Waals surface area contributed by atoms with Crippen LogP contribution in [0, 0.1) is 17.0 Å². The minimum absolute atomic E-state index is 0.0117. The number of pyridine rings is 1. The minimum atomic E-state index is -0.690. The lowest BCUT2D eigenvalue weighted by Gasteiger charge is -2.40. The lowest BCUT2D eigenvalue weighted by atomic mass is 9.94. The van der Waals surface area contributed by atoms with Gasteiger partial charge in [0, 0.05) is 49.2 Å². The fourth-order valence-corrected chi connectivity index (χ4v) is 8.17. The monoisotopic (exact) mass is 644 g/mol. The number of ether oxygens (including phenoxy) is 3. The van der Waals surface area contributed by atoms with E-state index in [-0.39, 0.29) is 51.9 Å². The van der Waals surface area contributed by atoms with Gasteiger partial charge in [-0.1, -0.05) is 13.0 Å². The number of fused-ring (bicyclic) bond motifs is 6. The van der Waals surface area contributed by atoms with Crippen molar-refractivity contribution in [1.82, 2.24) is 25.2 Å². The number of halogens is 2. The Morgan fingerprint density at radius 3 is 2.74 bits per heavy atom. The molecule has 2 N–H and O–H groups in total. The molecule has 2 aromatic heterocycles. The van der Waals surface area contributed by atoms with Crippen LogP contribution in [0.15, 0.2) is 24.3 Å². The van der Waals surface area contributed by atoms with Gasteiger partial charge >= 0.3 is 6.01 Å². The Kier molecular flexibility index (Phi) is 6.92. The number of morpholine rings is 1. The van der Waals surface area contributed by atoms with Crippen LogP contribution in [0.3, 0.4) is 0 Å². The van der Waals surface area contributed by atoms with Crippen molar-refractivity contribution < 1.29 is 28.1 Å². The fourth-order valence-electron chi connectivity index (χ4n) is 8.17. The number of aromatic hydroxyl groups is 1. The lowest BCUT2D eigenvalue weighted by molar-refractivity contribution is 0.0231. The SMILES string of the molecule is CCc1c(F)ccc2cc(O)cc(-c3nc4c5c(nc(OCC6(CN7CCOCC7)CC6)nc5c3F)N3C[C@H]5CC[C@H](N5)[C@@H]3CO4)c12. The number of rotatable bonds is 7. The third-order valence-electron chi connectivity index (χ3n) is 10.8. The summed E-state index contributed by atoms with van der Waals surface area (Å²) in [5, 5.41) is 15.9. The highest BCUT2D eigenvalue weighted by Crippen LogP contribution is 2.48. The summed E-state index contributed by atoms with van der Waals surface area (Å²) in [6.07, 6.45) is 4.55. The molecule has 0 unspecified atom stereocenters. The summed E-state index contributed by atoms with van der Waals surface area (Å²) in [5.74, 6) is -0.368. The standard InChI is InChI=1S/C35H38F2N6O4/c1-2-22-24(36)5-3-19-13-21(44)14-23(27(19)22)30-29(37)31-28-32(43-15-20-4-6-25(38-20)26(43)16-46-33(28)39-30)41-34(40-31)47-18-35(7-8-35)17-42-9-11-45-12-10-42/h3,5,13-14,20,25-26,38,44H,2,4,6-12,15-18H2,1H3/t20-,25+,26+/m1/s1. The van der Waals surface area contributed by atoms with Gasteiger partial charge in [-0.2, -0.15) is 9.97 Å². The fraction of sp³-hybridized carbons (Fsp3) is 0.514. The summed E-state index contributed by atoms with van der Waals surface area (Å²) in [5.41, 5.74) is 0.698. The number of anilines is 1. The highest BCUT2D eigenvalue weighted by molar-refractivity contribution is 6.03. The van der Waals surface area contributed by atoms with E-state index in [0.29, 0.717) is 59.8 Å². The van der Waals surface area contributed by atoms with Crippen molar-refractivity contribution in [3.63, 3.8) is 0 Å². The number of nitrogens with one attached hydrogen (secondary N) is 1. The highest BCUT2D eigenvalue weighted by Gasteiger charge is 2.46. The first-order valence-corrected chi connectivity index (χ1v) is 16.8. The Hall–Kier alpha value is -3.87. The molecule has 6 heterocycles. The number of phenolic OH excluding ortho intramolecular Hbond substituents is 1. The third-order valence-corrected chi connectivity index (χ3v) is 10.8. The Morgan fingerprint density at radius 2 is 1.94 bits per heavy atom. The average Bonchev–Trinajstić information content (AvgIpc) is 3.77. The molecule has 4 aromatic rings. The minimum Gasteiger partial charge on any atom is -0.508 e. The predicted octanol–water partition coefficient (Wildman–Crippen LogP) is 4.58. The van der Waals surface area contributed by atoms with Crippen molar-refractivity contribution in [2.75, 3.05) is 57.5 Å². The Labute approximate surface area is 271 Å². The van der Waals surface area contributed by atoms with E-state index in [2.05, 4.69) is 15.1 Å². The number of piperazine rings is 1. The van der Waals surface area contributed by atoms with Crippen molar-refractivity contribution in [3.05, 3.63) is 41.5 Å². The lowest BCUT2D eigenvalue weighted by Crippen LogP contribution is -2.60. The summed E-state index contributed by atoms with van der Waals surface area (Å²) >= 11 is 0. The highest BCUT2D eigenvalue weighted by atomic mass is 19.1. The van der Waals surface area contributed by atoms with Gasteiger partial charge in [-0.25, -0.2) is 13.8 Å². The Balaban J connectivity index is 1.19. The number of aryl methyl sites for hydroxylation is 1. The molecule has 10 nitrogen and oxygen atoms in total. The van der Waals surface area contributed by atoms with Gasteiger partial charge < -0.3 is 29.5 Å². The maximum atomic E-state index is 17.1. The molecule has 1 aliphatic carbocycles. The quantitative estimate of drug-likeness (QED) is 0.297.